The van der Waals surface area contributed by atoms with E-state index in [1.54, 1.807) is 12.7 Å². The van der Waals surface area contributed by atoms with Crippen LogP contribution < -0.4 is 5.32 Å². The molecule has 0 radical (unpaired) electrons. The summed E-state index contributed by atoms with van der Waals surface area (Å²) in [6.45, 7) is 2.96. The van der Waals surface area contributed by atoms with Gasteiger partial charge in [-0.1, -0.05) is 19.3 Å². The highest BCUT2D eigenvalue weighted by Crippen LogP contribution is 2.30. The summed E-state index contributed by atoms with van der Waals surface area (Å²) in [6.07, 6.45) is 9.70. The third-order valence-corrected chi connectivity index (χ3v) is 4.56. The van der Waals surface area contributed by atoms with E-state index >= 15 is 0 Å². The van der Waals surface area contributed by atoms with Gasteiger partial charge in [-0.15, -0.1) is 0 Å². The molecule has 1 aromatic heterocycles. The molecular weight excluding hydrogens is 254 g/mol. The van der Waals surface area contributed by atoms with Crippen molar-refractivity contribution in [1.82, 2.24) is 25.0 Å². The summed E-state index contributed by atoms with van der Waals surface area (Å²) in [5, 5.41) is 7.38. The van der Waals surface area contributed by atoms with E-state index in [1.165, 1.54) is 32.1 Å². The van der Waals surface area contributed by atoms with Crippen LogP contribution >= 0.6 is 0 Å². The fourth-order valence-electron chi connectivity index (χ4n) is 3.51. The lowest BCUT2D eigenvalue weighted by Gasteiger charge is -2.40. The number of piperazine rings is 1. The van der Waals surface area contributed by atoms with Crippen molar-refractivity contribution in [2.45, 2.75) is 44.7 Å². The number of hydrogen-bond acceptors (Lipinski definition) is 4. The molecule has 1 saturated heterocycles. The average molecular weight is 277 g/mol. The Hall–Kier alpha value is -1.43. The van der Waals surface area contributed by atoms with Crippen LogP contribution in [-0.2, 0) is 11.3 Å². The lowest BCUT2D eigenvalue weighted by Crippen LogP contribution is -2.56. The molecule has 0 unspecified atom stereocenters. The van der Waals surface area contributed by atoms with Crippen molar-refractivity contribution in [2.75, 3.05) is 19.6 Å². The number of rotatable bonds is 4. The number of amides is 1. The number of nitrogens with zero attached hydrogens (tertiary/aromatic N) is 4. The maximum absolute atomic E-state index is 12.2. The zero-order valence-electron chi connectivity index (χ0n) is 11.9. The molecule has 3 rings (SSSR count). The zero-order chi connectivity index (χ0) is 13.8. The van der Waals surface area contributed by atoms with Gasteiger partial charge in [-0.25, -0.2) is 4.98 Å². The van der Waals surface area contributed by atoms with E-state index in [2.05, 4.69) is 20.3 Å². The Kier molecular flexibility index (Phi) is 4.30. The molecule has 1 aromatic rings. The molecule has 0 aromatic carbocycles. The van der Waals surface area contributed by atoms with E-state index in [9.17, 15) is 4.79 Å². The molecule has 6 nitrogen and oxygen atoms in total. The van der Waals surface area contributed by atoms with Crippen molar-refractivity contribution >= 4 is 5.91 Å². The largest absolute Gasteiger partial charge is 0.335 e. The van der Waals surface area contributed by atoms with E-state index in [1.807, 2.05) is 4.68 Å². The minimum atomic E-state index is 0.229. The van der Waals surface area contributed by atoms with Gasteiger partial charge in [0.25, 0.3) is 0 Å². The van der Waals surface area contributed by atoms with E-state index in [-0.39, 0.29) is 11.9 Å². The molecular formula is C14H23N5O. The Morgan fingerprint density at radius 3 is 2.90 bits per heavy atom. The van der Waals surface area contributed by atoms with E-state index in [0.717, 1.165) is 19.6 Å². The van der Waals surface area contributed by atoms with Crippen molar-refractivity contribution in [1.29, 1.82) is 0 Å². The second-order valence-electron chi connectivity index (χ2n) is 5.85. The smallest absolute Gasteiger partial charge is 0.236 e. The molecule has 0 spiro atoms. The van der Waals surface area contributed by atoms with E-state index < -0.39 is 0 Å². The second-order valence-corrected chi connectivity index (χ2v) is 5.85. The van der Waals surface area contributed by atoms with Crippen LogP contribution in [0, 0.1) is 5.92 Å². The van der Waals surface area contributed by atoms with Crippen molar-refractivity contribution in [2.24, 2.45) is 5.92 Å². The summed E-state index contributed by atoms with van der Waals surface area (Å²) < 4.78 is 1.87. The monoisotopic (exact) mass is 277 g/mol. The van der Waals surface area contributed by atoms with Crippen molar-refractivity contribution in [3.05, 3.63) is 12.7 Å². The Balaban J connectivity index is 1.76. The molecule has 1 aliphatic heterocycles. The van der Waals surface area contributed by atoms with Crippen LogP contribution in [0.15, 0.2) is 12.7 Å². The summed E-state index contributed by atoms with van der Waals surface area (Å²) >= 11 is 0. The van der Waals surface area contributed by atoms with Crippen LogP contribution in [-0.4, -0.2) is 51.2 Å². The van der Waals surface area contributed by atoms with Gasteiger partial charge >= 0.3 is 0 Å². The molecule has 6 heteroatoms. The zero-order valence-corrected chi connectivity index (χ0v) is 11.9. The Morgan fingerprint density at radius 1 is 1.35 bits per heavy atom. The first-order valence-electron chi connectivity index (χ1n) is 7.67. The van der Waals surface area contributed by atoms with Crippen molar-refractivity contribution in [3.63, 3.8) is 0 Å². The molecule has 2 aliphatic rings. The molecule has 1 amide bonds. The standard InChI is InChI=1S/C14H23N5O/c20-14-8-15-6-7-19(14)13(9-18-11-16-10-17-18)12-4-2-1-3-5-12/h10-13,15H,1-9H2/t13-/m1/s1. The van der Waals surface area contributed by atoms with Gasteiger partial charge in [0.15, 0.2) is 0 Å². The number of carbonyl (C=O) groups is 1. The average Bonchev–Trinajstić information content (AvgIpc) is 3.00. The van der Waals surface area contributed by atoms with Gasteiger partial charge in [-0.3, -0.25) is 9.48 Å². The summed E-state index contributed by atoms with van der Waals surface area (Å²) in [7, 11) is 0. The van der Waals surface area contributed by atoms with Gasteiger partial charge < -0.3 is 10.2 Å². The van der Waals surface area contributed by atoms with Gasteiger partial charge in [0, 0.05) is 13.1 Å². The molecule has 110 valence electrons. The van der Waals surface area contributed by atoms with Gasteiger partial charge in [0.2, 0.25) is 5.91 Å². The van der Waals surface area contributed by atoms with Crippen LogP contribution in [0.5, 0.6) is 0 Å². The van der Waals surface area contributed by atoms with E-state index in [4.69, 9.17) is 0 Å². The molecule has 20 heavy (non-hydrogen) atoms. The van der Waals surface area contributed by atoms with Gasteiger partial charge in [0.1, 0.15) is 12.7 Å². The number of carbonyl (C=O) groups excluding carboxylic acids is 1. The van der Waals surface area contributed by atoms with Crippen molar-refractivity contribution in [3.8, 4) is 0 Å². The summed E-state index contributed by atoms with van der Waals surface area (Å²) in [5.41, 5.74) is 0. The maximum atomic E-state index is 12.2. The lowest BCUT2D eigenvalue weighted by atomic mass is 9.83. The highest BCUT2D eigenvalue weighted by molar-refractivity contribution is 5.79. The Bertz CT molecular complexity index is 427. The first kappa shape index (κ1) is 13.5. The molecule has 0 bridgehead atoms. The van der Waals surface area contributed by atoms with Gasteiger partial charge in [0.05, 0.1) is 19.1 Å². The SMILES string of the molecule is O=C1CNCCN1[C@H](Cn1cncn1)C1CCCCC1. The van der Waals surface area contributed by atoms with Crippen LogP contribution in [0.2, 0.25) is 0 Å². The molecule has 2 fully saturated rings. The molecule has 2 heterocycles. The number of aromatic nitrogens is 3. The predicted octanol–water partition coefficient (Wildman–Crippen LogP) is 0.659. The highest BCUT2D eigenvalue weighted by atomic mass is 16.2. The van der Waals surface area contributed by atoms with Crippen LogP contribution in [0.3, 0.4) is 0 Å². The predicted molar refractivity (Wildman–Crippen MR) is 75.0 cm³/mol. The molecule has 1 saturated carbocycles. The second kappa shape index (κ2) is 6.35. The quantitative estimate of drug-likeness (QED) is 0.878. The third kappa shape index (κ3) is 3.00. The summed E-state index contributed by atoms with van der Waals surface area (Å²) in [4.78, 5) is 18.3. The molecule has 1 aliphatic carbocycles. The first-order chi connectivity index (χ1) is 9.84. The fraction of sp³-hybridized carbons (Fsp3) is 0.786. The van der Waals surface area contributed by atoms with Crippen LogP contribution in [0.25, 0.3) is 0 Å². The summed E-state index contributed by atoms with van der Waals surface area (Å²) in [5.74, 6) is 0.835. The number of nitrogens with one attached hydrogen (secondary N) is 1. The normalized spacial score (nSPS) is 23.0. The van der Waals surface area contributed by atoms with Crippen LogP contribution in [0.1, 0.15) is 32.1 Å². The molecule has 1 atom stereocenters. The maximum Gasteiger partial charge on any atom is 0.236 e. The third-order valence-electron chi connectivity index (χ3n) is 4.56. The van der Waals surface area contributed by atoms with E-state index in [0.29, 0.717) is 12.5 Å². The minimum Gasteiger partial charge on any atom is -0.335 e. The van der Waals surface area contributed by atoms with Crippen LogP contribution in [0.4, 0.5) is 0 Å². The lowest BCUT2D eigenvalue weighted by molar-refractivity contribution is -0.136. The Morgan fingerprint density at radius 2 is 2.20 bits per heavy atom. The first-order valence-corrected chi connectivity index (χ1v) is 7.67. The summed E-state index contributed by atoms with van der Waals surface area (Å²) in [6, 6.07) is 0.270. The Labute approximate surface area is 119 Å². The van der Waals surface area contributed by atoms with Gasteiger partial charge in [-0.05, 0) is 18.8 Å². The molecule has 1 N–H and O–H groups in total. The fourth-order valence-corrected chi connectivity index (χ4v) is 3.51. The van der Waals surface area contributed by atoms with Crippen molar-refractivity contribution < 1.29 is 4.79 Å². The number of hydrogen-bond donors (Lipinski definition) is 1. The highest BCUT2D eigenvalue weighted by Gasteiger charge is 2.33. The minimum absolute atomic E-state index is 0.229. The van der Waals surface area contributed by atoms with Gasteiger partial charge in [-0.2, -0.15) is 5.10 Å². The topological polar surface area (TPSA) is 63.1 Å².